The molecule has 1 aliphatic carbocycles. The summed E-state index contributed by atoms with van der Waals surface area (Å²) in [5, 5.41) is 9.65. The van der Waals surface area contributed by atoms with Crippen LogP contribution in [0.15, 0.2) is 0 Å². The number of aliphatic hydroxyl groups is 1. The molecule has 0 aromatic rings. The Balaban J connectivity index is 1.88. The van der Waals surface area contributed by atoms with Gasteiger partial charge in [0.2, 0.25) is 0 Å². The summed E-state index contributed by atoms with van der Waals surface area (Å²) >= 11 is 4.53. The Morgan fingerprint density at radius 2 is 2.00 bits per heavy atom. The third-order valence-electron chi connectivity index (χ3n) is 4.04. The van der Waals surface area contributed by atoms with Crippen LogP contribution in [0.1, 0.15) is 38.5 Å². The zero-order valence-corrected chi connectivity index (χ0v) is 10.4. The normalized spacial score (nSPS) is 32.0. The summed E-state index contributed by atoms with van der Waals surface area (Å²) in [6.07, 6.45) is 7.48. The van der Waals surface area contributed by atoms with Crippen molar-refractivity contribution in [1.82, 2.24) is 4.90 Å². The van der Waals surface area contributed by atoms with Gasteiger partial charge in [-0.3, -0.25) is 0 Å². The van der Waals surface area contributed by atoms with Gasteiger partial charge < -0.3 is 10.0 Å². The van der Waals surface area contributed by atoms with E-state index in [0.29, 0.717) is 5.41 Å². The first kappa shape index (κ1) is 11.7. The van der Waals surface area contributed by atoms with Crippen molar-refractivity contribution in [2.24, 2.45) is 5.41 Å². The Bertz CT molecular complexity index is 204. The van der Waals surface area contributed by atoms with Gasteiger partial charge in [-0.2, -0.15) is 12.6 Å². The van der Waals surface area contributed by atoms with Gasteiger partial charge in [0.15, 0.2) is 0 Å². The van der Waals surface area contributed by atoms with Crippen molar-refractivity contribution in [3.8, 4) is 0 Å². The van der Waals surface area contributed by atoms with Crippen molar-refractivity contribution in [3.63, 3.8) is 0 Å². The van der Waals surface area contributed by atoms with Crippen LogP contribution in [0.2, 0.25) is 0 Å². The first-order valence-electron chi connectivity index (χ1n) is 6.25. The fourth-order valence-corrected chi connectivity index (χ4v) is 3.56. The van der Waals surface area contributed by atoms with Crippen LogP contribution in [0, 0.1) is 5.41 Å². The minimum atomic E-state index is -0.0860. The average molecular weight is 229 g/mol. The van der Waals surface area contributed by atoms with E-state index in [1.165, 1.54) is 32.2 Å². The Morgan fingerprint density at radius 3 is 2.60 bits per heavy atom. The third kappa shape index (κ3) is 2.89. The van der Waals surface area contributed by atoms with Gasteiger partial charge in [-0.1, -0.05) is 12.8 Å². The summed E-state index contributed by atoms with van der Waals surface area (Å²) in [5.74, 6) is 1.01. The summed E-state index contributed by atoms with van der Waals surface area (Å²) in [6, 6.07) is 0. The molecule has 3 heteroatoms. The predicted molar refractivity (Wildman–Crippen MR) is 66.4 cm³/mol. The number of nitrogens with zero attached hydrogens (tertiary/aromatic N) is 1. The number of likely N-dealkylation sites (tertiary alicyclic amines) is 1. The van der Waals surface area contributed by atoms with Crippen molar-refractivity contribution in [1.29, 1.82) is 0 Å². The standard InChI is InChI=1S/C12H23NOS/c14-11-4-3-7-13(8-11)9-12(10-15)5-1-2-6-12/h11,14-15H,1-10H2. The van der Waals surface area contributed by atoms with Crippen LogP contribution < -0.4 is 0 Å². The minimum absolute atomic E-state index is 0.0860. The van der Waals surface area contributed by atoms with Crippen LogP contribution in [0.4, 0.5) is 0 Å². The van der Waals surface area contributed by atoms with E-state index in [1.807, 2.05) is 0 Å². The van der Waals surface area contributed by atoms with Crippen LogP contribution >= 0.6 is 12.6 Å². The number of hydrogen-bond acceptors (Lipinski definition) is 3. The second-order valence-corrected chi connectivity index (χ2v) is 5.71. The molecular formula is C12H23NOS. The second-order valence-electron chi connectivity index (χ2n) is 5.40. The largest absolute Gasteiger partial charge is 0.392 e. The molecule has 88 valence electrons. The number of hydrogen-bond donors (Lipinski definition) is 2. The molecule has 2 aliphatic rings. The summed E-state index contributed by atoms with van der Waals surface area (Å²) in [6.45, 7) is 3.22. The van der Waals surface area contributed by atoms with E-state index in [-0.39, 0.29) is 6.10 Å². The van der Waals surface area contributed by atoms with Crippen LogP contribution in [0.5, 0.6) is 0 Å². The highest BCUT2D eigenvalue weighted by molar-refractivity contribution is 7.80. The first-order valence-corrected chi connectivity index (χ1v) is 6.89. The highest BCUT2D eigenvalue weighted by atomic mass is 32.1. The molecule has 1 heterocycles. The Morgan fingerprint density at radius 1 is 1.27 bits per heavy atom. The Kier molecular flexibility index (Phi) is 3.97. The highest BCUT2D eigenvalue weighted by Gasteiger charge is 2.35. The third-order valence-corrected chi connectivity index (χ3v) is 4.71. The van der Waals surface area contributed by atoms with E-state index in [0.717, 1.165) is 31.7 Å². The predicted octanol–water partition coefficient (Wildman–Crippen LogP) is 1.93. The fraction of sp³-hybridized carbons (Fsp3) is 1.00. The smallest absolute Gasteiger partial charge is 0.0667 e. The number of β-amino-alcohol motifs (C(OH)–C–C–N with tert-alkyl or cyclic N) is 1. The van der Waals surface area contributed by atoms with Crippen LogP contribution in [0.25, 0.3) is 0 Å². The molecule has 0 aromatic carbocycles. The van der Waals surface area contributed by atoms with E-state index < -0.39 is 0 Å². The molecule has 0 radical (unpaired) electrons. The zero-order valence-electron chi connectivity index (χ0n) is 9.49. The van der Waals surface area contributed by atoms with Crippen molar-refractivity contribution in [3.05, 3.63) is 0 Å². The van der Waals surface area contributed by atoms with Gasteiger partial charge in [-0.25, -0.2) is 0 Å². The van der Waals surface area contributed by atoms with E-state index in [1.54, 1.807) is 0 Å². The van der Waals surface area contributed by atoms with Gasteiger partial charge in [0.25, 0.3) is 0 Å². The van der Waals surface area contributed by atoms with Gasteiger partial charge >= 0.3 is 0 Å². The van der Waals surface area contributed by atoms with E-state index in [9.17, 15) is 5.11 Å². The van der Waals surface area contributed by atoms with Crippen LogP contribution in [-0.2, 0) is 0 Å². The van der Waals surface area contributed by atoms with E-state index in [2.05, 4.69) is 17.5 Å². The molecule has 0 amide bonds. The lowest BCUT2D eigenvalue weighted by Gasteiger charge is -2.37. The zero-order chi connectivity index (χ0) is 10.7. The minimum Gasteiger partial charge on any atom is -0.392 e. The van der Waals surface area contributed by atoms with Crippen molar-refractivity contribution in [2.75, 3.05) is 25.4 Å². The summed E-state index contributed by atoms with van der Waals surface area (Å²) in [7, 11) is 0. The Hall–Kier alpha value is 0.270. The molecule has 15 heavy (non-hydrogen) atoms. The number of aliphatic hydroxyl groups excluding tert-OH is 1. The summed E-state index contributed by atoms with van der Waals surface area (Å²) < 4.78 is 0. The van der Waals surface area contributed by atoms with Crippen molar-refractivity contribution in [2.45, 2.75) is 44.6 Å². The quantitative estimate of drug-likeness (QED) is 0.723. The number of rotatable bonds is 3. The van der Waals surface area contributed by atoms with Gasteiger partial charge in [0, 0.05) is 13.1 Å². The number of thiol groups is 1. The lowest BCUT2D eigenvalue weighted by molar-refractivity contribution is 0.0490. The second kappa shape index (κ2) is 5.07. The molecule has 0 spiro atoms. The first-order chi connectivity index (χ1) is 7.24. The molecule has 1 aliphatic heterocycles. The molecule has 2 fully saturated rings. The molecule has 1 atom stereocenters. The Labute approximate surface area is 98.5 Å². The number of piperidine rings is 1. The van der Waals surface area contributed by atoms with Gasteiger partial charge in [-0.05, 0) is 43.4 Å². The van der Waals surface area contributed by atoms with Crippen LogP contribution in [0.3, 0.4) is 0 Å². The maximum Gasteiger partial charge on any atom is 0.0667 e. The molecule has 2 rings (SSSR count). The summed E-state index contributed by atoms with van der Waals surface area (Å²) in [5.41, 5.74) is 0.459. The van der Waals surface area contributed by atoms with Crippen LogP contribution in [-0.4, -0.2) is 41.5 Å². The molecule has 1 N–H and O–H groups in total. The topological polar surface area (TPSA) is 23.5 Å². The maximum absolute atomic E-state index is 9.65. The molecule has 1 saturated heterocycles. The van der Waals surface area contributed by atoms with E-state index >= 15 is 0 Å². The molecule has 1 unspecified atom stereocenters. The fourth-order valence-electron chi connectivity index (χ4n) is 3.14. The van der Waals surface area contributed by atoms with Crippen molar-refractivity contribution >= 4 is 12.6 Å². The molecule has 1 saturated carbocycles. The monoisotopic (exact) mass is 229 g/mol. The van der Waals surface area contributed by atoms with Crippen molar-refractivity contribution < 1.29 is 5.11 Å². The van der Waals surface area contributed by atoms with Gasteiger partial charge in [0.1, 0.15) is 0 Å². The lowest BCUT2D eigenvalue weighted by Crippen LogP contribution is -2.44. The summed E-state index contributed by atoms with van der Waals surface area (Å²) in [4.78, 5) is 2.45. The van der Waals surface area contributed by atoms with Gasteiger partial charge in [-0.15, -0.1) is 0 Å². The highest BCUT2D eigenvalue weighted by Crippen LogP contribution is 2.40. The van der Waals surface area contributed by atoms with E-state index in [4.69, 9.17) is 0 Å². The van der Waals surface area contributed by atoms with Gasteiger partial charge in [0.05, 0.1) is 6.10 Å². The maximum atomic E-state index is 9.65. The molecular weight excluding hydrogens is 206 g/mol. The molecule has 0 bridgehead atoms. The molecule has 0 aromatic heterocycles. The lowest BCUT2D eigenvalue weighted by atomic mass is 9.87. The molecule has 2 nitrogen and oxygen atoms in total. The SMILES string of the molecule is OC1CCCN(CC2(CS)CCCC2)C1. The average Bonchev–Trinajstić information content (AvgIpc) is 2.67.